The SMILES string of the molecule is O=C(c1ccc(-c2cnco2)cc1)N1CCCc2cc(C(F)(F)F)ccc21. The topological polar surface area (TPSA) is 46.3 Å². The number of aromatic nitrogens is 1. The van der Waals surface area contributed by atoms with E-state index in [1.165, 1.54) is 12.5 Å². The Kier molecular flexibility index (Phi) is 4.22. The average Bonchev–Trinajstić information content (AvgIpc) is 3.21. The maximum Gasteiger partial charge on any atom is 0.416 e. The predicted molar refractivity (Wildman–Crippen MR) is 93.4 cm³/mol. The fourth-order valence-corrected chi connectivity index (χ4v) is 3.28. The van der Waals surface area contributed by atoms with Crippen LogP contribution in [0.2, 0.25) is 0 Å². The molecule has 0 N–H and O–H groups in total. The normalized spacial score (nSPS) is 14.1. The fraction of sp³-hybridized carbons (Fsp3) is 0.200. The molecule has 0 fully saturated rings. The molecule has 0 atom stereocenters. The third-order valence-corrected chi connectivity index (χ3v) is 4.62. The molecule has 1 aromatic heterocycles. The van der Waals surface area contributed by atoms with Crippen LogP contribution in [0.3, 0.4) is 0 Å². The van der Waals surface area contributed by atoms with Gasteiger partial charge in [0.15, 0.2) is 12.2 Å². The van der Waals surface area contributed by atoms with Crippen molar-refractivity contribution in [1.82, 2.24) is 4.98 Å². The number of amides is 1. The zero-order valence-corrected chi connectivity index (χ0v) is 14.2. The number of benzene rings is 2. The van der Waals surface area contributed by atoms with Gasteiger partial charge in [-0.05, 0) is 48.7 Å². The van der Waals surface area contributed by atoms with Crippen molar-refractivity contribution in [3.8, 4) is 11.3 Å². The highest BCUT2D eigenvalue weighted by Gasteiger charge is 2.32. The molecule has 2 heterocycles. The number of fused-ring (bicyclic) bond motifs is 1. The minimum absolute atomic E-state index is 0.236. The Labute approximate surface area is 153 Å². The van der Waals surface area contributed by atoms with E-state index in [2.05, 4.69) is 4.98 Å². The van der Waals surface area contributed by atoms with E-state index in [1.54, 1.807) is 35.4 Å². The van der Waals surface area contributed by atoms with E-state index in [-0.39, 0.29) is 5.91 Å². The lowest BCUT2D eigenvalue weighted by Crippen LogP contribution is -2.35. The first-order valence-electron chi connectivity index (χ1n) is 8.44. The van der Waals surface area contributed by atoms with Gasteiger partial charge < -0.3 is 9.32 Å². The lowest BCUT2D eigenvalue weighted by atomic mass is 9.98. The first-order valence-corrected chi connectivity index (χ1v) is 8.44. The molecule has 7 heteroatoms. The van der Waals surface area contributed by atoms with Gasteiger partial charge >= 0.3 is 6.18 Å². The van der Waals surface area contributed by atoms with E-state index in [0.717, 1.165) is 17.7 Å². The third-order valence-electron chi connectivity index (χ3n) is 4.62. The average molecular weight is 372 g/mol. The molecule has 4 nitrogen and oxygen atoms in total. The molecule has 3 aromatic rings. The molecule has 2 aromatic carbocycles. The van der Waals surface area contributed by atoms with Crippen molar-refractivity contribution < 1.29 is 22.4 Å². The maximum atomic E-state index is 12.9. The van der Waals surface area contributed by atoms with E-state index in [9.17, 15) is 18.0 Å². The third kappa shape index (κ3) is 3.32. The van der Waals surface area contributed by atoms with Crippen molar-refractivity contribution in [3.63, 3.8) is 0 Å². The molecule has 1 amide bonds. The summed E-state index contributed by atoms with van der Waals surface area (Å²) in [7, 11) is 0. The smallest absolute Gasteiger partial charge is 0.416 e. The quantitative estimate of drug-likeness (QED) is 0.639. The number of rotatable bonds is 2. The summed E-state index contributed by atoms with van der Waals surface area (Å²) < 4.78 is 44.0. The highest BCUT2D eigenvalue weighted by molar-refractivity contribution is 6.07. The van der Waals surface area contributed by atoms with E-state index < -0.39 is 11.7 Å². The standard InChI is InChI=1S/C20H15F3N2O2/c21-20(22,23)16-7-8-17-15(10-16)2-1-9-25(17)19(26)14-5-3-13(4-6-14)18-11-24-12-27-18/h3-8,10-12H,1-2,9H2. The van der Waals surface area contributed by atoms with Crippen molar-refractivity contribution in [2.75, 3.05) is 11.4 Å². The number of carbonyl (C=O) groups excluding carboxylic acids is 1. The first kappa shape index (κ1) is 17.3. The Hall–Kier alpha value is -3.09. The summed E-state index contributed by atoms with van der Waals surface area (Å²) in [4.78, 5) is 18.3. The Balaban J connectivity index is 1.62. The Morgan fingerprint density at radius 3 is 2.56 bits per heavy atom. The van der Waals surface area contributed by atoms with Gasteiger partial charge in [-0.1, -0.05) is 12.1 Å². The Bertz CT molecular complexity index is 964. The van der Waals surface area contributed by atoms with E-state index in [4.69, 9.17) is 4.42 Å². The zero-order valence-electron chi connectivity index (χ0n) is 14.2. The van der Waals surface area contributed by atoms with E-state index in [0.29, 0.717) is 42.0 Å². The van der Waals surface area contributed by atoms with Gasteiger partial charge in [-0.3, -0.25) is 4.79 Å². The number of aryl methyl sites for hydroxylation is 1. The maximum absolute atomic E-state index is 12.9. The van der Waals surface area contributed by atoms with Crippen LogP contribution < -0.4 is 4.90 Å². The van der Waals surface area contributed by atoms with Crippen LogP contribution in [0, 0.1) is 0 Å². The van der Waals surface area contributed by atoms with Crippen molar-refractivity contribution in [1.29, 1.82) is 0 Å². The van der Waals surface area contributed by atoms with Crippen molar-refractivity contribution in [2.45, 2.75) is 19.0 Å². The van der Waals surface area contributed by atoms with Gasteiger partial charge in [-0.15, -0.1) is 0 Å². The zero-order chi connectivity index (χ0) is 19.0. The minimum atomic E-state index is -4.39. The van der Waals surface area contributed by atoms with Gasteiger partial charge in [0.2, 0.25) is 0 Å². The van der Waals surface area contributed by atoms with Crippen molar-refractivity contribution in [2.24, 2.45) is 0 Å². The van der Waals surface area contributed by atoms with Gasteiger partial charge in [0.1, 0.15) is 0 Å². The van der Waals surface area contributed by atoms with Crippen LogP contribution in [-0.2, 0) is 12.6 Å². The second-order valence-corrected chi connectivity index (χ2v) is 6.34. The highest BCUT2D eigenvalue weighted by atomic mass is 19.4. The summed E-state index contributed by atoms with van der Waals surface area (Å²) in [6.07, 6.45) is -0.342. The number of hydrogen-bond acceptors (Lipinski definition) is 3. The number of oxazole rings is 1. The van der Waals surface area contributed by atoms with Crippen LogP contribution in [0.15, 0.2) is 59.5 Å². The van der Waals surface area contributed by atoms with Gasteiger partial charge in [0, 0.05) is 23.4 Å². The molecule has 0 spiro atoms. The number of halogens is 3. The molecule has 0 unspecified atom stereocenters. The van der Waals surface area contributed by atoms with Gasteiger partial charge in [-0.25, -0.2) is 4.98 Å². The number of carbonyl (C=O) groups is 1. The van der Waals surface area contributed by atoms with Crippen LogP contribution in [0.4, 0.5) is 18.9 Å². The van der Waals surface area contributed by atoms with Crippen molar-refractivity contribution in [3.05, 3.63) is 71.7 Å². The summed E-state index contributed by atoms with van der Waals surface area (Å²) in [5, 5.41) is 0. The lowest BCUT2D eigenvalue weighted by molar-refractivity contribution is -0.137. The van der Waals surface area contributed by atoms with Gasteiger partial charge in [0.05, 0.1) is 11.8 Å². The molecule has 0 aliphatic carbocycles. The molecular formula is C20H15F3N2O2. The minimum Gasteiger partial charge on any atom is -0.444 e. The molecule has 0 radical (unpaired) electrons. The van der Waals surface area contributed by atoms with Crippen LogP contribution in [0.1, 0.15) is 27.9 Å². The molecule has 27 heavy (non-hydrogen) atoms. The number of alkyl halides is 3. The van der Waals surface area contributed by atoms with Crippen molar-refractivity contribution >= 4 is 11.6 Å². The van der Waals surface area contributed by atoms with E-state index in [1.807, 2.05) is 0 Å². The number of nitrogens with zero attached hydrogens (tertiary/aromatic N) is 2. The van der Waals surface area contributed by atoms with Crippen LogP contribution in [-0.4, -0.2) is 17.4 Å². The van der Waals surface area contributed by atoms with Crippen LogP contribution in [0.5, 0.6) is 0 Å². The summed E-state index contributed by atoms with van der Waals surface area (Å²) in [5.74, 6) is 0.358. The molecular weight excluding hydrogens is 357 g/mol. The first-order chi connectivity index (χ1) is 12.9. The molecule has 0 saturated carbocycles. The summed E-state index contributed by atoms with van der Waals surface area (Å²) in [6, 6.07) is 10.4. The van der Waals surface area contributed by atoms with Gasteiger partial charge in [-0.2, -0.15) is 13.2 Å². The highest BCUT2D eigenvalue weighted by Crippen LogP contribution is 2.35. The summed E-state index contributed by atoms with van der Waals surface area (Å²) >= 11 is 0. The second-order valence-electron chi connectivity index (χ2n) is 6.34. The van der Waals surface area contributed by atoms with Gasteiger partial charge in [0.25, 0.3) is 5.91 Å². The molecule has 1 aliphatic heterocycles. The van der Waals surface area contributed by atoms with E-state index >= 15 is 0 Å². The Morgan fingerprint density at radius 1 is 1.11 bits per heavy atom. The molecule has 0 bridgehead atoms. The number of anilines is 1. The molecule has 138 valence electrons. The van der Waals surface area contributed by atoms with Crippen LogP contribution in [0.25, 0.3) is 11.3 Å². The Morgan fingerprint density at radius 2 is 1.89 bits per heavy atom. The molecule has 1 aliphatic rings. The largest absolute Gasteiger partial charge is 0.444 e. The predicted octanol–water partition coefficient (Wildman–Crippen LogP) is 4.95. The fourth-order valence-electron chi connectivity index (χ4n) is 3.28. The van der Waals surface area contributed by atoms with Crippen LogP contribution >= 0.6 is 0 Å². The molecule has 4 rings (SSSR count). The number of hydrogen-bond donors (Lipinski definition) is 0. The summed E-state index contributed by atoms with van der Waals surface area (Å²) in [6.45, 7) is 0.473. The second kappa shape index (κ2) is 6.57. The lowest BCUT2D eigenvalue weighted by Gasteiger charge is -2.30. The summed E-state index contributed by atoms with van der Waals surface area (Å²) in [5.41, 5.74) is 1.65. The molecule has 0 saturated heterocycles. The monoisotopic (exact) mass is 372 g/mol.